The van der Waals surface area contributed by atoms with Crippen LogP contribution >= 0.6 is 7.60 Å². The van der Waals surface area contributed by atoms with E-state index in [1.165, 1.54) is 16.7 Å². The van der Waals surface area contributed by atoms with E-state index < -0.39 is 7.60 Å². The maximum Gasteiger partial charge on any atom is 0.330 e. The molecule has 2 rings (SSSR count). The smallest absolute Gasteiger partial charge is 0.330 e. The molecule has 1 aromatic heterocycles. The summed E-state index contributed by atoms with van der Waals surface area (Å²) < 4.78 is 28.8. The normalized spacial score (nSPS) is 13.6. The predicted molar refractivity (Wildman–Crippen MR) is 102 cm³/mol. The number of benzene rings is 1. The van der Waals surface area contributed by atoms with Crippen molar-refractivity contribution in [1.29, 1.82) is 0 Å². The molecular weight excluding hydrogens is 369 g/mol. The van der Waals surface area contributed by atoms with E-state index in [0.29, 0.717) is 26.4 Å². The monoisotopic (exact) mass is 397 g/mol. The van der Waals surface area contributed by atoms with E-state index in [9.17, 15) is 9.46 Å². The molecule has 0 aliphatic carbocycles. The molecule has 27 heavy (non-hydrogen) atoms. The highest BCUT2D eigenvalue weighted by atomic mass is 31.2. The molecule has 0 radical (unpaired) electrons. The standard InChI is InChI=1S/C18H28N3O5P/c1-4-26-27(22,23)8-7-24-5-6-25-14-18-13-21(20-19-18)12-17-10-15(2)9-16(3)11-17/h9-11,13H,4-8,12,14H2,1-3H3,(H,22,23). The van der Waals surface area contributed by atoms with Crippen LogP contribution in [0, 0.1) is 13.8 Å². The van der Waals surface area contributed by atoms with E-state index in [1.54, 1.807) is 11.6 Å². The van der Waals surface area contributed by atoms with Crippen molar-refractivity contribution in [3.8, 4) is 0 Å². The van der Waals surface area contributed by atoms with Crippen LogP contribution in [0.15, 0.2) is 24.4 Å². The number of aromatic nitrogens is 3. The molecule has 1 aromatic carbocycles. The Bertz CT molecular complexity index is 745. The summed E-state index contributed by atoms with van der Waals surface area (Å²) in [6, 6.07) is 6.42. The Morgan fingerprint density at radius 2 is 1.81 bits per heavy atom. The third kappa shape index (κ3) is 8.32. The van der Waals surface area contributed by atoms with E-state index in [0.717, 1.165) is 5.69 Å². The van der Waals surface area contributed by atoms with E-state index in [-0.39, 0.29) is 19.4 Å². The Labute approximate surface area is 160 Å². The quantitative estimate of drug-likeness (QED) is 0.434. The molecule has 9 heteroatoms. The highest BCUT2D eigenvalue weighted by Gasteiger charge is 2.17. The van der Waals surface area contributed by atoms with E-state index in [4.69, 9.17) is 14.0 Å². The number of nitrogens with zero attached hydrogens (tertiary/aromatic N) is 3. The van der Waals surface area contributed by atoms with Gasteiger partial charge in [0.2, 0.25) is 0 Å². The average molecular weight is 397 g/mol. The molecule has 0 fully saturated rings. The number of aryl methyl sites for hydroxylation is 2. The molecule has 0 bridgehead atoms. The topological polar surface area (TPSA) is 95.7 Å². The van der Waals surface area contributed by atoms with Gasteiger partial charge in [0.25, 0.3) is 0 Å². The van der Waals surface area contributed by atoms with Gasteiger partial charge in [-0.05, 0) is 26.3 Å². The van der Waals surface area contributed by atoms with Gasteiger partial charge in [-0.25, -0.2) is 4.68 Å². The fraction of sp³-hybridized carbons (Fsp3) is 0.556. The third-order valence-corrected chi connectivity index (χ3v) is 5.09. The molecule has 0 amide bonds. The molecule has 0 saturated heterocycles. The van der Waals surface area contributed by atoms with Crippen molar-refractivity contribution >= 4 is 7.60 Å². The molecule has 2 aromatic rings. The fourth-order valence-electron chi connectivity index (χ4n) is 2.67. The average Bonchev–Trinajstić information content (AvgIpc) is 3.00. The summed E-state index contributed by atoms with van der Waals surface area (Å²) in [6.07, 6.45) is 1.84. The lowest BCUT2D eigenvalue weighted by Gasteiger charge is -2.10. The third-order valence-electron chi connectivity index (χ3n) is 3.68. The van der Waals surface area contributed by atoms with Gasteiger partial charge in [-0.2, -0.15) is 0 Å². The molecule has 8 nitrogen and oxygen atoms in total. The summed E-state index contributed by atoms with van der Waals surface area (Å²) in [7, 11) is -3.52. The Balaban J connectivity index is 1.64. The van der Waals surface area contributed by atoms with Crippen LogP contribution in [-0.2, 0) is 31.7 Å². The molecule has 1 unspecified atom stereocenters. The van der Waals surface area contributed by atoms with Crippen LogP contribution in [0.25, 0.3) is 0 Å². The second kappa shape index (κ2) is 10.7. The van der Waals surface area contributed by atoms with Crippen molar-refractivity contribution in [1.82, 2.24) is 15.0 Å². The van der Waals surface area contributed by atoms with Crippen LogP contribution in [0.1, 0.15) is 29.3 Å². The second-order valence-corrected chi connectivity index (χ2v) is 8.33. The van der Waals surface area contributed by atoms with Gasteiger partial charge >= 0.3 is 7.60 Å². The molecule has 0 aliphatic heterocycles. The van der Waals surface area contributed by atoms with Crippen LogP contribution < -0.4 is 0 Å². The lowest BCUT2D eigenvalue weighted by Crippen LogP contribution is -2.08. The van der Waals surface area contributed by atoms with Gasteiger partial charge in [-0.1, -0.05) is 34.5 Å². The Morgan fingerprint density at radius 1 is 1.11 bits per heavy atom. The van der Waals surface area contributed by atoms with Gasteiger partial charge in [0.1, 0.15) is 5.69 Å². The Hall–Kier alpha value is -1.57. The summed E-state index contributed by atoms with van der Waals surface area (Å²) in [5.74, 6) is 0. The number of ether oxygens (including phenoxy) is 2. The second-order valence-electron chi connectivity index (χ2n) is 6.35. The summed E-state index contributed by atoms with van der Waals surface area (Å²) in [4.78, 5) is 9.41. The molecule has 0 saturated carbocycles. The zero-order valence-electron chi connectivity index (χ0n) is 16.1. The first-order valence-electron chi connectivity index (χ1n) is 8.96. The zero-order valence-corrected chi connectivity index (χ0v) is 17.0. The molecule has 0 aliphatic rings. The Kier molecular flexibility index (Phi) is 8.60. The van der Waals surface area contributed by atoms with E-state index in [1.807, 2.05) is 6.20 Å². The van der Waals surface area contributed by atoms with Gasteiger partial charge in [-0.3, -0.25) is 4.57 Å². The summed E-state index contributed by atoms with van der Waals surface area (Å²) >= 11 is 0. The first-order valence-corrected chi connectivity index (χ1v) is 10.7. The molecule has 1 heterocycles. The van der Waals surface area contributed by atoms with Gasteiger partial charge in [-0.15, -0.1) is 5.10 Å². The van der Waals surface area contributed by atoms with Crippen molar-refractivity contribution in [3.05, 3.63) is 46.8 Å². The SMILES string of the molecule is CCOP(=O)(O)CCOCCOCc1cn(Cc2cc(C)cc(C)c2)nn1. The summed E-state index contributed by atoms with van der Waals surface area (Å²) in [6.45, 7) is 7.91. The first-order chi connectivity index (χ1) is 12.9. The molecule has 1 atom stereocenters. The van der Waals surface area contributed by atoms with Crippen LogP contribution in [0.3, 0.4) is 0 Å². The minimum atomic E-state index is -3.52. The van der Waals surface area contributed by atoms with E-state index in [2.05, 4.69) is 42.4 Å². The minimum absolute atomic E-state index is 0.0202. The van der Waals surface area contributed by atoms with Crippen molar-refractivity contribution in [2.24, 2.45) is 0 Å². The molecule has 0 spiro atoms. The van der Waals surface area contributed by atoms with Crippen LogP contribution in [-0.4, -0.2) is 52.5 Å². The van der Waals surface area contributed by atoms with Gasteiger partial charge in [0.15, 0.2) is 0 Å². The highest BCUT2D eigenvalue weighted by Crippen LogP contribution is 2.40. The van der Waals surface area contributed by atoms with Crippen molar-refractivity contribution in [3.63, 3.8) is 0 Å². The predicted octanol–water partition coefficient (Wildman–Crippen LogP) is 2.70. The fourth-order valence-corrected chi connectivity index (χ4v) is 3.56. The minimum Gasteiger partial charge on any atom is -0.378 e. The molecular formula is C18H28N3O5P. The van der Waals surface area contributed by atoms with Crippen LogP contribution in [0.2, 0.25) is 0 Å². The van der Waals surface area contributed by atoms with Gasteiger partial charge < -0.3 is 18.9 Å². The number of hydrogen-bond acceptors (Lipinski definition) is 6. The van der Waals surface area contributed by atoms with Crippen LogP contribution in [0.5, 0.6) is 0 Å². The van der Waals surface area contributed by atoms with E-state index >= 15 is 0 Å². The lowest BCUT2D eigenvalue weighted by atomic mass is 10.1. The molecule has 1 N–H and O–H groups in total. The zero-order chi connectivity index (χ0) is 19.7. The maximum absolute atomic E-state index is 11.5. The van der Waals surface area contributed by atoms with Crippen LogP contribution in [0.4, 0.5) is 0 Å². The van der Waals surface area contributed by atoms with Crippen molar-refractivity contribution in [2.45, 2.75) is 33.9 Å². The highest BCUT2D eigenvalue weighted by molar-refractivity contribution is 7.52. The van der Waals surface area contributed by atoms with Crippen molar-refractivity contribution < 1.29 is 23.5 Å². The largest absolute Gasteiger partial charge is 0.378 e. The van der Waals surface area contributed by atoms with Gasteiger partial charge in [0, 0.05) is 0 Å². The maximum atomic E-state index is 11.5. The summed E-state index contributed by atoms with van der Waals surface area (Å²) in [5.41, 5.74) is 4.39. The summed E-state index contributed by atoms with van der Waals surface area (Å²) in [5, 5.41) is 8.23. The Morgan fingerprint density at radius 3 is 2.52 bits per heavy atom. The lowest BCUT2D eigenvalue weighted by molar-refractivity contribution is 0.0435. The van der Waals surface area contributed by atoms with Gasteiger partial charge in [0.05, 0.1) is 51.9 Å². The number of rotatable bonds is 12. The molecule has 150 valence electrons. The van der Waals surface area contributed by atoms with Crippen molar-refractivity contribution in [2.75, 3.05) is 32.6 Å². The number of hydrogen-bond donors (Lipinski definition) is 1. The first kappa shape index (κ1) is 21.7.